The molecular formula is C24H31NO5. The van der Waals surface area contributed by atoms with E-state index >= 15 is 0 Å². The molecule has 0 saturated carbocycles. The number of aryl methyl sites for hydroxylation is 1. The van der Waals surface area contributed by atoms with E-state index < -0.39 is 29.8 Å². The van der Waals surface area contributed by atoms with Crippen LogP contribution in [0.15, 0.2) is 54.6 Å². The van der Waals surface area contributed by atoms with Crippen molar-refractivity contribution in [2.24, 2.45) is 0 Å². The molecule has 0 saturated heterocycles. The van der Waals surface area contributed by atoms with E-state index in [9.17, 15) is 9.59 Å². The minimum atomic E-state index is -1.01. The van der Waals surface area contributed by atoms with Crippen molar-refractivity contribution in [2.75, 3.05) is 0 Å². The lowest BCUT2D eigenvalue weighted by molar-refractivity contribution is -0.151. The molecule has 0 spiro atoms. The number of alkyl carbamates (subject to hydrolysis) is 1. The summed E-state index contributed by atoms with van der Waals surface area (Å²) in [5, 5.41) is 2.59. The first-order chi connectivity index (χ1) is 14.1. The summed E-state index contributed by atoms with van der Waals surface area (Å²) >= 11 is 0. The molecule has 2 aromatic rings. The average Bonchev–Trinajstić information content (AvgIpc) is 2.69. The van der Waals surface area contributed by atoms with Gasteiger partial charge >= 0.3 is 12.1 Å². The highest BCUT2D eigenvalue weighted by Gasteiger charge is 2.31. The number of carbonyl (C=O) groups excluding carboxylic acids is 2. The Morgan fingerprint density at radius 1 is 0.933 bits per heavy atom. The van der Waals surface area contributed by atoms with E-state index in [1.165, 1.54) is 0 Å². The second kappa shape index (κ2) is 10.8. The Morgan fingerprint density at radius 3 is 2.13 bits per heavy atom. The van der Waals surface area contributed by atoms with Crippen LogP contribution >= 0.6 is 0 Å². The summed E-state index contributed by atoms with van der Waals surface area (Å²) in [5.74, 6) is -0.581. The third kappa shape index (κ3) is 8.25. The fourth-order valence-corrected chi connectivity index (χ4v) is 2.63. The molecule has 6 heteroatoms. The van der Waals surface area contributed by atoms with E-state index in [2.05, 4.69) is 5.32 Å². The molecule has 0 aliphatic carbocycles. The van der Waals surface area contributed by atoms with Gasteiger partial charge in [-0.25, -0.2) is 9.59 Å². The maximum Gasteiger partial charge on any atom is 0.408 e. The predicted octanol–water partition coefficient (Wildman–Crippen LogP) is 4.54. The Kier molecular flexibility index (Phi) is 8.42. The van der Waals surface area contributed by atoms with Crippen molar-refractivity contribution in [2.45, 2.75) is 65.6 Å². The summed E-state index contributed by atoms with van der Waals surface area (Å²) < 4.78 is 16.6. The van der Waals surface area contributed by atoms with Gasteiger partial charge in [-0.3, -0.25) is 0 Å². The van der Waals surface area contributed by atoms with Gasteiger partial charge in [0.05, 0.1) is 12.7 Å². The standard InChI is InChI=1S/C24H31NO5/c1-17-11-13-20(14-12-17)16-29-22(26)21(25-23(27)30-24(3,4)5)18(2)28-15-19-9-7-6-8-10-19/h6-14,18,21H,15-16H2,1-5H3,(H,25,27)/t18-,21+/m1/s1. The Morgan fingerprint density at radius 2 is 1.53 bits per heavy atom. The summed E-state index contributed by atoms with van der Waals surface area (Å²) in [4.78, 5) is 25.0. The molecule has 0 aromatic heterocycles. The summed E-state index contributed by atoms with van der Waals surface area (Å²) in [5.41, 5.74) is 2.27. The molecule has 2 aromatic carbocycles. The van der Waals surface area contributed by atoms with Crippen LogP contribution in [0.1, 0.15) is 44.4 Å². The van der Waals surface area contributed by atoms with Gasteiger partial charge in [0.1, 0.15) is 12.2 Å². The lowest BCUT2D eigenvalue weighted by atomic mass is 10.1. The number of carbonyl (C=O) groups is 2. The quantitative estimate of drug-likeness (QED) is 0.644. The van der Waals surface area contributed by atoms with Gasteiger partial charge in [0.15, 0.2) is 6.04 Å². The van der Waals surface area contributed by atoms with Crippen LogP contribution in [0.25, 0.3) is 0 Å². The Labute approximate surface area is 178 Å². The van der Waals surface area contributed by atoms with Crippen molar-refractivity contribution >= 4 is 12.1 Å². The molecule has 1 amide bonds. The maximum absolute atomic E-state index is 12.8. The number of nitrogens with one attached hydrogen (secondary N) is 1. The second-order valence-electron chi connectivity index (χ2n) is 8.22. The van der Waals surface area contributed by atoms with Crippen LogP contribution in [0.4, 0.5) is 4.79 Å². The molecule has 6 nitrogen and oxygen atoms in total. The molecule has 0 aliphatic rings. The lowest BCUT2D eigenvalue weighted by Crippen LogP contribution is -2.50. The molecule has 30 heavy (non-hydrogen) atoms. The first-order valence-electron chi connectivity index (χ1n) is 10.0. The summed E-state index contributed by atoms with van der Waals surface area (Å²) in [6.45, 7) is 9.39. The van der Waals surface area contributed by atoms with Gasteiger partial charge in [-0.15, -0.1) is 0 Å². The van der Waals surface area contributed by atoms with E-state index in [1.54, 1.807) is 27.7 Å². The van der Waals surface area contributed by atoms with Crippen molar-refractivity contribution in [3.8, 4) is 0 Å². The van der Waals surface area contributed by atoms with Gasteiger partial charge in [-0.1, -0.05) is 60.2 Å². The molecule has 162 valence electrons. The number of ether oxygens (including phenoxy) is 3. The fraction of sp³-hybridized carbons (Fsp3) is 0.417. The monoisotopic (exact) mass is 413 g/mol. The van der Waals surface area contributed by atoms with Crippen LogP contribution in [-0.4, -0.2) is 29.8 Å². The molecule has 1 N–H and O–H groups in total. The molecule has 0 unspecified atom stereocenters. The molecule has 0 fully saturated rings. The highest BCUT2D eigenvalue weighted by atomic mass is 16.6. The number of esters is 1. The van der Waals surface area contributed by atoms with Crippen molar-refractivity contribution in [3.05, 3.63) is 71.3 Å². The normalized spacial score (nSPS) is 13.2. The van der Waals surface area contributed by atoms with Gasteiger partial charge in [0, 0.05) is 0 Å². The largest absolute Gasteiger partial charge is 0.459 e. The molecular weight excluding hydrogens is 382 g/mol. The minimum Gasteiger partial charge on any atom is -0.459 e. The fourth-order valence-electron chi connectivity index (χ4n) is 2.63. The van der Waals surface area contributed by atoms with Crippen molar-refractivity contribution < 1.29 is 23.8 Å². The molecule has 2 atom stereocenters. The third-order valence-electron chi connectivity index (χ3n) is 4.25. The number of hydrogen-bond donors (Lipinski definition) is 1. The summed E-state index contributed by atoms with van der Waals surface area (Å²) in [6, 6.07) is 16.3. The minimum absolute atomic E-state index is 0.108. The number of benzene rings is 2. The zero-order valence-corrected chi connectivity index (χ0v) is 18.3. The van der Waals surface area contributed by atoms with Crippen LogP contribution in [-0.2, 0) is 32.2 Å². The van der Waals surface area contributed by atoms with Crippen LogP contribution in [0, 0.1) is 6.92 Å². The summed E-state index contributed by atoms with van der Waals surface area (Å²) in [6.07, 6.45) is -1.32. The van der Waals surface area contributed by atoms with Crippen molar-refractivity contribution in [1.29, 1.82) is 0 Å². The van der Waals surface area contributed by atoms with Gasteiger partial charge in [-0.05, 0) is 45.7 Å². The smallest absolute Gasteiger partial charge is 0.408 e. The number of hydrogen-bond acceptors (Lipinski definition) is 5. The maximum atomic E-state index is 12.8. The first-order valence-corrected chi connectivity index (χ1v) is 10.0. The number of amides is 1. The topological polar surface area (TPSA) is 73.9 Å². The zero-order chi connectivity index (χ0) is 22.1. The van der Waals surface area contributed by atoms with E-state index in [-0.39, 0.29) is 6.61 Å². The van der Waals surface area contributed by atoms with Crippen molar-refractivity contribution in [1.82, 2.24) is 5.32 Å². The molecule has 0 aliphatic heterocycles. The highest BCUT2D eigenvalue weighted by molar-refractivity contribution is 5.82. The Bertz CT molecular complexity index is 812. The molecule has 0 bridgehead atoms. The molecule has 2 rings (SSSR count). The Hall–Kier alpha value is -2.86. The third-order valence-corrected chi connectivity index (χ3v) is 4.25. The summed E-state index contributed by atoms with van der Waals surface area (Å²) in [7, 11) is 0. The SMILES string of the molecule is Cc1ccc(COC(=O)[C@@H](NC(=O)OC(C)(C)C)[C@@H](C)OCc2ccccc2)cc1. The zero-order valence-electron chi connectivity index (χ0n) is 18.3. The molecule has 0 radical (unpaired) electrons. The Balaban J connectivity index is 2.03. The molecule has 0 heterocycles. The second-order valence-corrected chi connectivity index (χ2v) is 8.22. The van der Waals surface area contributed by atoms with E-state index in [1.807, 2.05) is 61.5 Å². The van der Waals surface area contributed by atoms with Crippen LogP contribution in [0.3, 0.4) is 0 Å². The van der Waals surface area contributed by atoms with Gasteiger partial charge in [-0.2, -0.15) is 0 Å². The van der Waals surface area contributed by atoms with Crippen LogP contribution in [0.5, 0.6) is 0 Å². The van der Waals surface area contributed by atoms with Gasteiger partial charge in [0.2, 0.25) is 0 Å². The van der Waals surface area contributed by atoms with Gasteiger partial charge < -0.3 is 19.5 Å². The predicted molar refractivity (Wildman–Crippen MR) is 115 cm³/mol. The van der Waals surface area contributed by atoms with Crippen LogP contribution < -0.4 is 5.32 Å². The van der Waals surface area contributed by atoms with E-state index in [0.29, 0.717) is 6.61 Å². The van der Waals surface area contributed by atoms with Gasteiger partial charge in [0.25, 0.3) is 0 Å². The average molecular weight is 414 g/mol. The van der Waals surface area contributed by atoms with E-state index in [4.69, 9.17) is 14.2 Å². The van der Waals surface area contributed by atoms with Crippen molar-refractivity contribution in [3.63, 3.8) is 0 Å². The highest BCUT2D eigenvalue weighted by Crippen LogP contribution is 2.12. The van der Waals surface area contributed by atoms with E-state index in [0.717, 1.165) is 16.7 Å². The number of rotatable bonds is 8. The van der Waals surface area contributed by atoms with Crippen LogP contribution in [0.2, 0.25) is 0 Å². The first kappa shape index (κ1) is 23.4. The lowest BCUT2D eigenvalue weighted by Gasteiger charge is -2.26.